The lowest BCUT2D eigenvalue weighted by Gasteiger charge is -2.42. The summed E-state index contributed by atoms with van der Waals surface area (Å²) in [6.07, 6.45) is 7.18. The summed E-state index contributed by atoms with van der Waals surface area (Å²) in [5.74, 6) is 0.0649. The van der Waals surface area contributed by atoms with Crippen molar-refractivity contribution in [1.29, 1.82) is 0 Å². The van der Waals surface area contributed by atoms with Gasteiger partial charge in [-0.2, -0.15) is 0 Å². The molecular weight excluding hydrogens is 502 g/mol. The molecule has 4 aromatic rings. The van der Waals surface area contributed by atoms with Crippen LogP contribution in [-0.2, 0) is 29.6 Å². The van der Waals surface area contributed by atoms with Gasteiger partial charge in [0.15, 0.2) is 5.16 Å². The summed E-state index contributed by atoms with van der Waals surface area (Å²) < 4.78 is 1.84. The third-order valence-corrected chi connectivity index (χ3v) is 9.11. The quantitative estimate of drug-likeness (QED) is 0.213. The van der Waals surface area contributed by atoms with E-state index in [1.165, 1.54) is 29.3 Å². The van der Waals surface area contributed by atoms with Crippen molar-refractivity contribution in [2.75, 3.05) is 11.1 Å². The van der Waals surface area contributed by atoms with E-state index in [0.717, 1.165) is 61.0 Å². The summed E-state index contributed by atoms with van der Waals surface area (Å²) in [5.41, 5.74) is 5.91. The van der Waals surface area contributed by atoms with Crippen LogP contribution in [0.5, 0.6) is 0 Å². The molecule has 5 nitrogen and oxygen atoms in total. The molecule has 0 saturated heterocycles. The Labute approximate surface area is 233 Å². The van der Waals surface area contributed by atoms with Crippen LogP contribution in [0.2, 0.25) is 0 Å². The van der Waals surface area contributed by atoms with Crippen molar-refractivity contribution in [3.63, 3.8) is 0 Å². The van der Waals surface area contributed by atoms with Gasteiger partial charge < -0.3 is 5.32 Å². The van der Waals surface area contributed by atoms with Crippen LogP contribution >= 0.6 is 11.8 Å². The highest BCUT2D eigenvalue weighted by Gasteiger charge is 2.43. The highest BCUT2D eigenvalue weighted by Crippen LogP contribution is 2.48. The van der Waals surface area contributed by atoms with Crippen LogP contribution < -0.4 is 10.9 Å². The van der Waals surface area contributed by atoms with E-state index in [1.807, 2.05) is 59.2 Å². The molecule has 39 heavy (non-hydrogen) atoms. The summed E-state index contributed by atoms with van der Waals surface area (Å²) in [7, 11) is 0. The van der Waals surface area contributed by atoms with E-state index >= 15 is 0 Å². The van der Waals surface area contributed by atoms with Crippen molar-refractivity contribution >= 4 is 23.4 Å². The summed E-state index contributed by atoms with van der Waals surface area (Å²) in [6, 6.07) is 28.1. The van der Waals surface area contributed by atoms with E-state index in [-0.39, 0.29) is 22.6 Å². The molecule has 2 aliphatic carbocycles. The lowest BCUT2D eigenvalue weighted by molar-refractivity contribution is -0.113. The van der Waals surface area contributed by atoms with E-state index in [0.29, 0.717) is 11.7 Å². The van der Waals surface area contributed by atoms with Gasteiger partial charge in [0.25, 0.3) is 5.56 Å². The SMILES string of the molecule is O=C(CSc1nc2c(c(=O)n1CCc1ccccc1)C1(CCCCC1)Cc1ccccc1-2)Nc1ccccc1. The van der Waals surface area contributed by atoms with Crippen LogP contribution in [0.1, 0.15) is 48.8 Å². The molecular formula is C33H33N3O2S. The Bertz CT molecular complexity index is 1530. The monoisotopic (exact) mass is 535 g/mol. The highest BCUT2D eigenvalue weighted by atomic mass is 32.2. The Morgan fingerprint density at radius 3 is 2.36 bits per heavy atom. The Hall–Kier alpha value is -3.64. The number of rotatable bonds is 7. The zero-order chi connectivity index (χ0) is 26.7. The average molecular weight is 536 g/mol. The second kappa shape index (κ2) is 11.2. The van der Waals surface area contributed by atoms with Gasteiger partial charge in [-0.3, -0.25) is 14.2 Å². The normalized spacial score (nSPS) is 15.4. The van der Waals surface area contributed by atoms with Crippen LogP contribution in [0.25, 0.3) is 11.3 Å². The first-order valence-electron chi connectivity index (χ1n) is 13.9. The van der Waals surface area contributed by atoms with Crippen molar-refractivity contribution < 1.29 is 4.79 Å². The van der Waals surface area contributed by atoms with Crippen molar-refractivity contribution in [3.05, 3.63) is 112 Å². The number of carbonyl (C=O) groups is 1. The fraction of sp³-hybridized carbons (Fsp3) is 0.303. The molecule has 1 saturated carbocycles. The molecule has 1 amide bonds. The third-order valence-electron chi connectivity index (χ3n) is 8.13. The minimum atomic E-state index is -0.158. The zero-order valence-corrected chi connectivity index (χ0v) is 22.9. The van der Waals surface area contributed by atoms with Crippen molar-refractivity contribution in [2.24, 2.45) is 0 Å². The first kappa shape index (κ1) is 25.6. The van der Waals surface area contributed by atoms with Gasteiger partial charge in [0, 0.05) is 23.2 Å². The van der Waals surface area contributed by atoms with Gasteiger partial charge in [-0.1, -0.05) is 104 Å². The van der Waals surface area contributed by atoms with Crippen LogP contribution in [0.4, 0.5) is 5.69 Å². The number of carbonyl (C=O) groups excluding carboxylic acids is 1. The van der Waals surface area contributed by atoms with Gasteiger partial charge >= 0.3 is 0 Å². The Morgan fingerprint density at radius 2 is 1.59 bits per heavy atom. The van der Waals surface area contributed by atoms with Gasteiger partial charge in [0.2, 0.25) is 5.91 Å². The molecule has 1 fully saturated rings. The summed E-state index contributed by atoms with van der Waals surface area (Å²) in [5, 5.41) is 3.57. The molecule has 0 bridgehead atoms. The molecule has 0 atom stereocenters. The second-order valence-electron chi connectivity index (χ2n) is 10.7. The number of benzene rings is 3. The fourth-order valence-corrected chi connectivity index (χ4v) is 7.08. The van der Waals surface area contributed by atoms with E-state index in [9.17, 15) is 9.59 Å². The largest absolute Gasteiger partial charge is 0.325 e. The number of anilines is 1. The summed E-state index contributed by atoms with van der Waals surface area (Å²) in [6.45, 7) is 0.531. The molecule has 3 aromatic carbocycles. The minimum Gasteiger partial charge on any atom is -0.325 e. The van der Waals surface area contributed by atoms with Crippen LogP contribution in [0.15, 0.2) is 94.9 Å². The third kappa shape index (κ3) is 5.30. The van der Waals surface area contributed by atoms with Crippen molar-refractivity contribution in [3.8, 4) is 11.3 Å². The Kier molecular flexibility index (Phi) is 7.38. The van der Waals surface area contributed by atoms with E-state index in [1.54, 1.807) is 0 Å². The molecule has 6 rings (SSSR count). The lowest BCUT2D eigenvalue weighted by Crippen LogP contribution is -2.43. The molecule has 6 heteroatoms. The highest BCUT2D eigenvalue weighted by molar-refractivity contribution is 7.99. The molecule has 198 valence electrons. The number of nitrogens with zero attached hydrogens (tertiary/aromatic N) is 2. The van der Waals surface area contributed by atoms with Crippen LogP contribution in [-0.4, -0.2) is 21.2 Å². The van der Waals surface area contributed by atoms with Crippen LogP contribution in [0, 0.1) is 0 Å². The van der Waals surface area contributed by atoms with Crippen LogP contribution in [0.3, 0.4) is 0 Å². The van der Waals surface area contributed by atoms with E-state index in [4.69, 9.17) is 4.98 Å². The van der Waals surface area contributed by atoms with E-state index < -0.39 is 0 Å². The number of hydrogen-bond acceptors (Lipinski definition) is 4. The predicted molar refractivity (Wildman–Crippen MR) is 158 cm³/mol. The Morgan fingerprint density at radius 1 is 0.897 bits per heavy atom. The number of hydrogen-bond donors (Lipinski definition) is 1. The maximum atomic E-state index is 14.5. The number of para-hydroxylation sites is 1. The first-order valence-corrected chi connectivity index (χ1v) is 14.9. The smallest absolute Gasteiger partial charge is 0.258 e. The van der Waals surface area contributed by atoms with Gasteiger partial charge in [-0.15, -0.1) is 0 Å². The number of thioether (sulfide) groups is 1. The molecule has 2 aliphatic rings. The topological polar surface area (TPSA) is 64.0 Å². The standard InChI is InChI=1S/C33H33N3O2S/c37-28(34-26-15-6-2-7-16-26)23-39-32-35-30-27-17-9-8-14-25(27)22-33(19-10-3-11-20-33)29(30)31(38)36(32)21-18-24-12-4-1-5-13-24/h1-2,4-9,12-17H,3,10-11,18-23H2,(H,34,37). The molecule has 0 radical (unpaired) electrons. The van der Waals surface area contributed by atoms with Crippen molar-refractivity contribution in [1.82, 2.24) is 9.55 Å². The molecule has 1 aromatic heterocycles. The zero-order valence-electron chi connectivity index (χ0n) is 22.1. The minimum absolute atomic E-state index is 0.0679. The first-order chi connectivity index (χ1) is 19.1. The number of fused-ring (bicyclic) bond motifs is 4. The average Bonchev–Trinajstić information content (AvgIpc) is 2.97. The van der Waals surface area contributed by atoms with E-state index in [2.05, 4.69) is 35.6 Å². The fourth-order valence-electron chi connectivity index (χ4n) is 6.26. The maximum Gasteiger partial charge on any atom is 0.258 e. The number of nitrogens with one attached hydrogen (secondary N) is 1. The number of aromatic nitrogens is 2. The van der Waals surface area contributed by atoms with Gasteiger partial charge in [-0.25, -0.2) is 4.98 Å². The predicted octanol–water partition coefficient (Wildman–Crippen LogP) is 6.64. The number of amides is 1. The molecule has 0 aliphatic heterocycles. The molecule has 1 spiro atoms. The molecule has 0 unspecified atom stereocenters. The number of aryl methyl sites for hydroxylation is 1. The summed E-state index contributed by atoms with van der Waals surface area (Å²) >= 11 is 1.35. The van der Waals surface area contributed by atoms with Gasteiger partial charge in [0.1, 0.15) is 0 Å². The Balaban J connectivity index is 1.40. The molecule has 1 N–H and O–H groups in total. The van der Waals surface area contributed by atoms with Gasteiger partial charge in [-0.05, 0) is 48.9 Å². The summed E-state index contributed by atoms with van der Waals surface area (Å²) in [4.78, 5) is 32.5. The van der Waals surface area contributed by atoms with Gasteiger partial charge in [0.05, 0.1) is 17.0 Å². The van der Waals surface area contributed by atoms with Crippen molar-refractivity contribution in [2.45, 2.75) is 62.1 Å². The maximum absolute atomic E-state index is 14.5. The second-order valence-corrected chi connectivity index (χ2v) is 11.6. The lowest BCUT2D eigenvalue weighted by atomic mass is 9.62. The molecule has 1 heterocycles.